The molecule has 0 aromatic carbocycles. The Morgan fingerprint density at radius 2 is 2.12 bits per heavy atom. The Kier molecular flexibility index (Phi) is 3.98. The molecule has 6 heteroatoms. The van der Waals surface area contributed by atoms with Crippen molar-refractivity contribution in [2.24, 2.45) is 5.41 Å². The molecule has 0 radical (unpaired) electrons. The third kappa shape index (κ3) is 3.37. The zero-order valence-electron chi connectivity index (χ0n) is 9.97. The normalized spacial score (nSPS) is 11.1. The number of aromatic nitrogens is 1. The average Bonchev–Trinajstić information content (AvgIpc) is 2.26. The van der Waals surface area contributed by atoms with Gasteiger partial charge in [0.05, 0.1) is 11.6 Å². The van der Waals surface area contributed by atoms with Gasteiger partial charge in [-0.15, -0.1) is 0 Å². The van der Waals surface area contributed by atoms with Gasteiger partial charge in [-0.2, -0.15) is 0 Å². The number of hydrogen-bond acceptors (Lipinski definition) is 3. The van der Waals surface area contributed by atoms with Gasteiger partial charge in [0.15, 0.2) is 11.6 Å². The fourth-order valence-corrected chi connectivity index (χ4v) is 1.27. The van der Waals surface area contributed by atoms with Crippen LogP contribution in [-0.2, 0) is 4.79 Å². The van der Waals surface area contributed by atoms with Crippen molar-refractivity contribution in [1.82, 2.24) is 10.3 Å². The first-order chi connectivity index (χ1) is 7.86. The summed E-state index contributed by atoms with van der Waals surface area (Å²) in [6, 6.07) is 0.738. The molecule has 2 N–H and O–H groups in total. The fraction of sp³-hybridized carbons (Fsp3) is 0.455. The van der Waals surface area contributed by atoms with Gasteiger partial charge < -0.3 is 10.6 Å². The van der Waals surface area contributed by atoms with E-state index >= 15 is 0 Å². The van der Waals surface area contributed by atoms with Crippen LogP contribution in [-0.4, -0.2) is 24.5 Å². The Morgan fingerprint density at radius 3 is 2.65 bits per heavy atom. The summed E-state index contributed by atoms with van der Waals surface area (Å²) in [5.41, 5.74) is -0.711. The van der Waals surface area contributed by atoms with Crippen LogP contribution in [0.2, 0.25) is 0 Å². The molecule has 0 spiro atoms. The minimum atomic E-state index is -0.780. The summed E-state index contributed by atoms with van der Waals surface area (Å²) in [6.45, 7) is 3.61. The van der Waals surface area contributed by atoms with Crippen molar-refractivity contribution in [3.63, 3.8) is 0 Å². The third-order valence-electron chi connectivity index (χ3n) is 2.35. The van der Waals surface area contributed by atoms with E-state index in [9.17, 15) is 13.6 Å². The van der Waals surface area contributed by atoms with Crippen molar-refractivity contribution in [3.8, 4) is 0 Å². The third-order valence-corrected chi connectivity index (χ3v) is 2.35. The monoisotopic (exact) mass is 243 g/mol. The first kappa shape index (κ1) is 13.3. The second-order valence-corrected chi connectivity index (χ2v) is 4.30. The predicted molar refractivity (Wildman–Crippen MR) is 60.5 cm³/mol. The molecule has 0 saturated carbocycles. The van der Waals surface area contributed by atoms with Crippen LogP contribution in [0.1, 0.15) is 13.8 Å². The first-order valence-corrected chi connectivity index (χ1v) is 5.14. The van der Waals surface area contributed by atoms with Crippen LogP contribution < -0.4 is 10.6 Å². The summed E-state index contributed by atoms with van der Waals surface area (Å²) in [5, 5.41) is 5.19. The molecular formula is C11H15F2N3O. The maximum atomic E-state index is 13.2. The highest BCUT2D eigenvalue weighted by Crippen LogP contribution is 2.18. The van der Waals surface area contributed by atoms with E-state index in [2.05, 4.69) is 15.6 Å². The van der Waals surface area contributed by atoms with Crippen molar-refractivity contribution in [2.75, 3.05) is 18.9 Å². The second-order valence-electron chi connectivity index (χ2n) is 4.30. The van der Waals surface area contributed by atoms with Crippen molar-refractivity contribution in [2.45, 2.75) is 13.8 Å². The summed E-state index contributed by atoms with van der Waals surface area (Å²) in [5.74, 6) is -1.76. The van der Waals surface area contributed by atoms with E-state index in [-0.39, 0.29) is 18.3 Å². The van der Waals surface area contributed by atoms with Crippen LogP contribution in [0.25, 0.3) is 0 Å². The highest BCUT2D eigenvalue weighted by atomic mass is 19.1. The Bertz CT molecular complexity index is 421. The SMILES string of the molecule is CNC(=O)C(C)(C)CNc1ncc(F)cc1F. The van der Waals surface area contributed by atoms with Gasteiger partial charge in [0.25, 0.3) is 0 Å². The molecule has 0 aliphatic rings. The molecule has 1 aromatic heterocycles. The minimum Gasteiger partial charge on any atom is -0.367 e. The average molecular weight is 243 g/mol. The lowest BCUT2D eigenvalue weighted by atomic mass is 9.92. The van der Waals surface area contributed by atoms with Gasteiger partial charge in [0.1, 0.15) is 5.82 Å². The summed E-state index contributed by atoms with van der Waals surface area (Å²) in [4.78, 5) is 15.0. The van der Waals surface area contributed by atoms with Crippen molar-refractivity contribution >= 4 is 11.7 Å². The van der Waals surface area contributed by atoms with Crippen LogP contribution in [0.4, 0.5) is 14.6 Å². The van der Waals surface area contributed by atoms with Gasteiger partial charge >= 0.3 is 0 Å². The lowest BCUT2D eigenvalue weighted by molar-refractivity contribution is -0.128. The molecule has 1 aromatic rings. The molecule has 0 atom stereocenters. The highest BCUT2D eigenvalue weighted by molar-refractivity contribution is 5.82. The molecule has 0 aliphatic carbocycles. The fourth-order valence-electron chi connectivity index (χ4n) is 1.27. The van der Waals surface area contributed by atoms with Crippen molar-refractivity contribution in [3.05, 3.63) is 23.9 Å². The van der Waals surface area contributed by atoms with Gasteiger partial charge in [-0.05, 0) is 13.8 Å². The summed E-state index contributed by atoms with van der Waals surface area (Å²) >= 11 is 0. The predicted octanol–water partition coefficient (Wildman–Crippen LogP) is 1.54. The molecule has 0 aliphatic heterocycles. The zero-order valence-corrected chi connectivity index (χ0v) is 9.97. The van der Waals surface area contributed by atoms with E-state index in [1.807, 2.05) is 0 Å². The molecule has 94 valence electrons. The number of carbonyl (C=O) groups excluding carboxylic acids is 1. The number of nitrogens with one attached hydrogen (secondary N) is 2. The van der Waals surface area contributed by atoms with Crippen LogP contribution in [0.5, 0.6) is 0 Å². The van der Waals surface area contributed by atoms with Gasteiger partial charge in [-0.3, -0.25) is 4.79 Å². The number of amides is 1. The standard InChI is InChI=1S/C11H15F2N3O/c1-11(2,10(17)14-3)6-16-9-8(13)4-7(12)5-15-9/h4-5H,6H2,1-3H3,(H,14,17)(H,15,16). The van der Waals surface area contributed by atoms with Crippen LogP contribution in [0, 0.1) is 17.0 Å². The molecule has 0 unspecified atom stereocenters. The van der Waals surface area contributed by atoms with E-state index in [1.54, 1.807) is 13.8 Å². The zero-order chi connectivity index (χ0) is 13.1. The highest BCUT2D eigenvalue weighted by Gasteiger charge is 2.26. The number of halogens is 2. The molecule has 4 nitrogen and oxygen atoms in total. The second kappa shape index (κ2) is 5.07. The lowest BCUT2D eigenvalue weighted by Crippen LogP contribution is -2.39. The van der Waals surface area contributed by atoms with Gasteiger partial charge in [-0.1, -0.05) is 0 Å². The first-order valence-electron chi connectivity index (χ1n) is 5.14. The molecule has 0 bridgehead atoms. The van der Waals surface area contributed by atoms with Crippen LogP contribution >= 0.6 is 0 Å². The van der Waals surface area contributed by atoms with Gasteiger partial charge in [-0.25, -0.2) is 13.8 Å². The number of nitrogens with zero attached hydrogens (tertiary/aromatic N) is 1. The van der Waals surface area contributed by atoms with E-state index in [0.29, 0.717) is 0 Å². The molecule has 1 amide bonds. The Labute approximate surface area is 98.4 Å². The Morgan fingerprint density at radius 1 is 1.47 bits per heavy atom. The Balaban J connectivity index is 2.70. The lowest BCUT2D eigenvalue weighted by Gasteiger charge is -2.23. The molecular weight excluding hydrogens is 228 g/mol. The smallest absolute Gasteiger partial charge is 0.227 e. The number of anilines is 1. The maximum absolute atomic E-state index is 13.2. The van der Waals surface area contributed by atoms with Gasteiger partial charge in [0.2, 0.25) is 5.91 Å². The number of hydrogen-bond donors (Lipinski definition) is 2. The van der Waals surface area contributed by atoms with Crippen LogP contribution in [0.15, 0.2) is 12.3 Å². The number of rotatable bonds is 4. The quantitative estimate of drug-likeness (QED) is 0.843. The topological polar surface area (TPSA) is 54.0 Å². The van der Waals surface area contributed by atoms with E-state index in [1.165, 1.54) is 7.05 Å². The molecule has 1 heterocycles. The largest absolute Gasteiger partial charge is 0.367 e. The molecule has 1 rings (SSSR count). The van der Waals surface area contributed by atoms with E-state index in [0.717, 1.165) is 12.3 Å². The molecule has 17 heavy (non-hydrogen) atoms. The van der Waals surface area contributed by atoms with Crippen LogP contribution in [0.3, 0.4) is 0 Å². The molecule has 0 saturated heterocycles. The number of carbonyl (C=O) groups is 1. The van der Waals surface area contributed by atoms with Crippen molar-refractivity contribution in [1.29, 1.82) is 0 Å². The van der Waals surface area contributed by atoms with Crippen molar-refractivity contribution < 1.29 is 13.6 Å². The summed E-state index contributed by atoms with van der Waals surface area (Å²) in [7, 11) is 1.53. The molecule has 0 fully saturated rings. The minimum absolute atomic E-state index is 0.0663. The summed E-state index contributed by atoms with van der Waals surface area (Å²) < 4.78 is 25.9. The van der Waals surface area contributed by atoms with E-state index in [4.69, 9.17) is 0 Å². The maximum Gasteiger partial charge on any atom is 0.227 e. The van der Waals surface area contributed by atoms with E-state index < -0.39 is 17.0 Å². The number of pyridine rings is 1. The Hall–Kier alpha value is -1.72. The van der Waals surface area contributed by atoms with Gasteiger partial charge in [0, 0.05) is 19.7 Å². The summed E-state index contributed by atoms with van der Waals surface area (Å²) in [6.07, 6.45) is 0.915.